The third-order valence-electron chi connectivity index (χ3n) is 2.06. The van der Waals surface area contributed by atoms with E-state index in [1.54, 1.807) is 0 Å². The van der Waals surface area contributed by atoms with Crippen LogP contribution in [0.2, 0.25) is 0 Å². The highest BCUT2D eigenvalue weighted by molar-refractivity contribution is 5.93. The van der Waals surface area contributed by atoms with Crippen LogP contribution in [0.1, 0.15) is 10.4 Å². The molecule has 1 heterocycles. The highest BCUT2D eigenvalue weighted by Crippen LogP contribution is 1.97. The van der Waals surface area contributed by atoms with Crippen LogP contribution in [0, 0.1) is 0 Å². The summed E-state index contributed by atoms with van der Waals surface area (Å²) < 4.78 is 5.87. The largest absolute Gasteiger partial charge is 0.466 e. The fraction of sp³-hybridized carbons (Fsp3) is 0.364. The van der Waals surface area contributed by atoms with Crippen molar-refractivity contribution in [3.05, 3.63) is 30.1 Å². The molecule has 1 aromatic rings. The Bertz CT molecular complexity index is 439. The molecule has 0 aromatic carbocycles. The molecule has 98 valence electrons. The fourth-order valence-corrected chi connectivity index (χ4v) is 1.18. The highest BCUT2D eigenvalue weighted by atomic mass is 16.5. The summed E-state index contributed by atoms with van der Waals surface area (Å²) in [5, 5.41) is 15.2. The first-order valence-corrected chi connectivity index (χ1v) is 5.33. The van der Waals surface area contributed by atoms with Gasteiger partial charge in [-0.15, -0.1) is 0 Å². The number of aromatic nitrogens is 2. The van der Waals surface area contributed by atoms with E-state index >= 15 is 0 Å². The molecule has 0 bridgehead atoms. The molecule has 1 rings (SSSR count). The van der Waals surface area contributed by atoms with Crippen LogP contribution in [-0.4, -0.2) is 47.0 Å². The number of esters is 1. The first-order chi connectivity index (χ1) is 8.67. The van der Waals surface area contributed by atoms with Crippen molar-refractivity contribution in [2.75, 3.05) is 20.3 Å². The number of nitrogens with one attached hydrogen (secondary N) is 1. The van der Waals surface area contributed by atoms with Crippen LogP contribution in [0.4, 0.5) is 0 Å². The van der Waals surface area contributed by atoms with Gasteiger partial charge in [0.15, 0.2) is 0 Å². The maximum absolute atomic E-state index is 11.6. The number of aliphatic hydroxyl groups is 1. The standard InChI is InChI=1S/C11H15N3O4/c1-18-10(16)3-2-4-12-11(17)9-7-13-14(8-9)5-6-15/h2-3,7-8,15H,4-6H2,1H3,(H,12,17)/b3-2+. The molecule has 0 radical (unpaired) electrons. The number of ether oxygens (including phenoxy) is 1. The van der Waals surface area contributed by atoms with E-state index in [9.17, 15) is 9.59 Å². The second kappa shape index (κ2) is 7.23. The van der Waals surface area contributed by atoms with Crippen molar-refractivity contribution in [1.82, 2.24) is 15.1 Å². The van der Waals surface area contributed by atoms with E-state index in [0.717, 1.165) is 0 Å². The summed E-state index contributed by atoms with van der Waals surface area (Å²) >= 11 is 0. The summed E-state index contributed by atoms with van der Waals surface area (Å²) in [4.78, 5) is 22.3. The Labute approximate surface area is 104 Å². The van der Waals surface area contributed by atoms with E-state index in [2.05, 4.69) is 15.2 Å². The third kappa shape index (κ3) is 4.38. The smallest absolute Gasteiger partial charge is 0.330 e. The summed E-state index contributed by atoms with van der Waals surface area (Å²) in [6.07, 6.45) is 5.67. The van der Waals surface area contributed by atoms with Gasteiger partial charge >= 0.3 is 5.97 Å². The fourth-order valence-electron chi connectivity index (χ4n) is 1.18. The molecule has 0 saturated heterocycles. The highest BCUT2D eigenvalue weighted by Gasteiger charge is 2.06. The molecule has 7 nitrogen and oxygen atoms in total. The van der Waals surface area contributed by atoms with Crippen molar-refractivity contribution in [2.24, 2.45) is 0 Å². The number of carbonyl (C=O) groups excluding carboxylic acids is 2. The van der Waals surface area contributed by atoms with Gasteiger partial charge in [0.25, 0.3) is 5.91 Å². The number of amides is 1. The quantitative estimate of drug-likeness (QED) is 0.518. The summed E-state index contributed by atoms with van der Waals surface area (Å²) in [5.41, 5.74) is 0.398. The normalized spacial score (nSPS) is 10.6. The van der Waals surface area contributed by atoms with Crippen molar-refractivity contribution < 1.29 is 19.4 Å². The molecule has 0 aliphatic rings. The van der Waals surface area contributed by atoms with E-state index in [-0.39, 0.29) is 19.1 Å². The number of carbonyl (C=O) groups is 2. The van der Waals surface area contributed by atoms with Crippen molar-refractivity contribution in [3.63, 3.8) is 0 Å². The minimum Gasteiger partial charge on any atom is -0.466 e. The first kappa shape index (κ1) is 13.9. The molecule has 0 atom stereocenters. The number of hydrogen-bond donors (Lipinski definition) is 2. The predicted molar refractivity (Wildman–Crippen MR) is 62.8 cm³/mol. The Morgan fingerprint density at radius 1 is 1.61 bits per heavy atom. The molecular weight excluding hydrogens is 238 g/mol. The Hall–Kier alpha value is -2.15. The van der Waals surface area contributed by atoms with Gasteiger partial charge in [0.2, 0.25) is 0 Å². The van der Waals surface area contributed by atoms with E-state index in [1.165, 1.54) is 36.3 Å². The lowest BCUT2D eigenvalue weighted by Crippen LogP contribution is -2.23. The maximum atomic E-state index is 11.6. The van der Waals surface area contributed by atoms with E-state index in [4.69, 9.17) is 5.11 Å². The average molecular weight is 253 g/mol. The van der Waals surface area contributed by atoms with Crippen molar-refractivity contribution in [1.29, 1.82) is 0 Å². The second-order valence-electron chi connectivity index (χ2n) is 3.35. The average Bonchev–Trinajstić information content (AvgIpc) is 2.83. The summed E-state index contributed by atoms with van der Waals surface area (Å²) in [6, 6.07) is 0. The molecule has 0 unspecified atom stereocenters. The molecule has 0 aliphatic heterocycles. The Morgan fingerprint density at radius 2 is 2.39 bits per heavy atom. The van der Waals surface area contributed by atoms with Crippen LogP contribution in [0.3, 0.4) is 0 Å². The number of methoxy groups -OCH3 is 1. The monoisotopic (exact) mass is 253 g/mol. The van der Waals surface area contributed by atoms with E-state index in [0.29, 0.717) is 12.1 Å². The molecule has 2 N–H and O–H groups in total. The van der Waals surface area contributed by atoms with Crippen molar-refractivity contribution in [3.8, 4) is 0 Å². The van der Waals surface area contributed by atoms with E-state index < -0.39 is 5.97 Å². The zero-order valence-corrected chi connectivity index (χ0v) is 10.00. The van der Waals surface area contributed by atoms with Crippen LogP contribution >= 0.6 is 0 Å². The van der Waals surface area contributed by atoms with E-state index in [1.807, 2.05) is 0 Å². The number of aliphatic hydroxyl groups excluding tert-OH is 1. The van der Waals surface area contributed by atoms with Crippen molar-refractivity contribution in [2.45, 2.75) is 6.54 Å². The van der Waals surface area contributed by atoms with Crippen LogP contribution in [0.15, 0.2) is 24.5 Å². The van der Waals surface area contributed by atoms with Crippen molar-refractivity contribution >= 4 is 11.9 Å². The van der Waals surface area contributed by atoms with Gasteiger partial charge in [-0.1, -0.05) is 6.08 Å². The maximum Gasteiger partial charge on any atom is 0.330 e. The zero-order valence-electron chi connectivity index (χ0n) is 10.00. The van der Waals surface area contributed by atoms with Crippen LogP contribution in [-0.2, 0) is 16.1 Å². The lowest BCUT2D eigenvalue weighted by atomic mass is 10.3. The molecule has 0 aliphatic carbocycles. The predicted octanol–water partition coefficient (Wildman–Crippen LogP) is -0.666. The Morgan fingerprint density at radius 3 is 3.06 bits per heavy atom. The molecule has 1 aromatic heterocycles. The lowest BCUT2D eigenvalue weighted by Gasteiger charge is -1.98. The molecule has 7 heteroatoms. The minimum atomic E-state index is -0.472. The second-order valence-corrected chi connectivity index (χ2v) is 3.35. The van der Waals surface area contributed by atoms with Gasteiger partial charge < -0.3 is 15.2 Å². The summed E-state index contributed by atoms with van der Waals surface area (Å²) in [5.74, 6) is -0.770. The lowest BCUT2D eigenvalue weighted by molar-refractivity contribution is -0.134. The number of nitrogens with zero attached hydrogens (tertiary/aromatic N) is 2. The van der Waals surface area contributed by atoms with Gasteiger partial charge in [-0.2, -0.15) is 5.10 Å². The van der Waals surface area contributed by atoms with Gasteiger partial charge in [0.1, 0.15) is 0 Å². The van der Waals surface area contributed by atoms with Crippen LogP contribution < -0.4 is 5.32 Å². The molecule has 0 fully saturated rings. The zero-order chi connectivity index (χ0) is 13.4. The van der Waals surface area contributed by atoms with Gasteiger partial charge in [-0.05, 0) is 0 Å². The Balaban J connectivity index is 2.40. The molecule has 0 spiro atoms. The van der Waals surface area contributed by atoms with Gasteiger partial charge in [-0.3, -0.25) is 9.48 Å². The molecule has 0 saturated carbocycles. The van der Waals surface area contributed by atoms with Gasteiger partial charge in [-0.25, -0.2) is 4.79 Å². The molecular formula is C11H15N3O4. The summed E-state index contributed by atoms with van der Waals surface area (Å²) in [7, 11) is 1.28. The first-order valence-electron chi connectivity index (χ1n) is 5.33. The van der Waals surface area contributed by atoms with Crippen LogP contribution in [0.5, 0.6) is 0 Å². The molecule has 18 heavy (non-hydrogen) atoms. The number of hydrogen-bond acceptors (Lipinski definition) is 5. The van der Waals surface area contributed by atoms with Crippen LogP contribution in [0.25, 0.3) is 0 Å². The topological polar surface area (TPSA) is 93.5 Å². The Kier molecular flexibility index (Phi) is 5.59. The van der Waals surface area contributed by atoms with Gasteiger partial charge in [0.05, 0.1) is 32.0 Å². The van der Waals surface area contributed by atoms with Gasteiger partial charge in [0, 0.05) is 18.8 Å². The minimum absolute atomic E-state index is 0.0371. The molecule has 1 amide bonds. The third-order valence-corrected chi connectivity index (χ3v) is 2.06. The summed E-state index contributed by atoms with van der Waals surface area (Å²) in [6.45, 7) is 0.527. The SMILES string of the molecule is COC(=O)/C=C/CNC(=O)c1cnn(CCO)c1. The number of rotatable bonds is 6.